The first-order chi connectivity index (χ1) is 37.2. The topological polar surface area (TPSA) is 6.48 Å². The van der Waals surface area contributed by atoms with Crippen LogP contribution in [0.15, 0.2) is 182 Å². The van der Waals surface area contributed by atoms with Crippen LogP contribution in [0.4, 0.5) is 34.1 Å². The van der Waals surface area contributed by atoms with Gasteiger partial charge >= 0.3 is 0 Å². The predicted octanol–water partition coefficient (Wildman–Crippen LogP) is 21.2. The molecule has 1 spiro atoms. The molecule has 0 bridgehead atoms. The van der Waals surface area contributed by atoms with Crippen LogP contribution in [0.5, 0.6) is 0 Å². The van der Waals surface area contributed by atoms with E-state index in [1.807, 2.05) is 0 Å². The second-order valence-corrected chi connectivity index (χ2v) is 23.7. The van der Waals surface area contributed by atoms with E-state index >= 15 is 0 Å². The van der Waals surface area contributed by atoms with E-state index in [9.17, 15) is 0 Å². The average Bonchev–Trinajstić information content (AvgIpc) is 3.96. The number of benzene rings is 8. The minimum absolute atomic E-state index is 0.521. The molecular formula is C73H74N2. The zero-order chi connectivity index (χ0) is 49.7. The van der Waals surface area contributed by atoms with E-state index in [0.29, 0.717) is 23.7 Å². The molecular weight excluding hydrogens is 905 g/mol. The first-order valence-electron chi connectivity index (χ1n) is 29.7. The Morgan fingerprint density at radius 3 is 0.787 bits per heavy atom. The van der Waals surface area contributed by atoms with Crippen molar-refractivity contribution in [2.75, 3.05) is 9.80 Å². The van der Waals surface area contributed by atoms with Gasteiger partial charge in [0.1, 0.15) is 0 Å². The molecule has 376 valence electrons. The summed E-state index contributed by atoms with van der Waals surface area (Å²) in [5.74, 6) is 2.66. The van der Waals surface area contributed by atoms with E-state index in [0.717, 1.165) is 0 Å². The second-order valence-electron chi connectivity index (χ2n) is 23.7. The molecule has 0 N–H and O–H groups in total. The van der Waals surface area contributed by atoms with Gasteiger partial charge in [0.2, 0.25) is 0 Å². The molecule has 0 saturated heterocycles. The lowest BCUT2D eigenvalue weighted by atomic mass is 9.70. The molecule has 6 aliphatic rings. The normalized spacial score (nSPS) is 18.6. The van der Waals surface area contributed by atoms with Crippen molar-refractivity contribution in [2.45, 2.75) is 158 Å². The molecule has 4 saturated carbocycles. The van der Waals surface area contributed by atoms with Crippen molar-refractivity contribution in [3.8, 4) is 22.3 Å². The highest BCUT2D eigenvalue weighted by Gasteiger charge is 2.52. The van der Waals surface area contributed by atoms with Crippen molar-refractivity contribution in [1.82, 2.24) is 0 Å². The molecule has 0 heterocycles. The maximum atomic E-state index is 2.59. The maximum absolute atomic E-state index is 2.59. The summed E-state index contributed by atoms with van der Waals surface area (Å²) in [4.78, 5) is 5.11. The molecule has 0 aliphatic heterocycles. The largest absolute Gasteiger partial charge is 0.310 e. The molecule has 0 atom stereocenters. The molecule has 0 amide bonds. The van der Waals surface area contributed by atoms with Crippen LogP contribution in [0.25, 0.3) is 22.3 Å². The third kappa shape index (κ3) is 8.38. The Labute approximate surface area is 447 Å². The lowest BCUT2D eigenvalue weighted by Crippen LogP contribution is -2.26. The smallest absolute Gasteiger partial charge is 0.0727 e. The summed E-state index contributed by atoms with van der Waals surface area (Å²) in [6.07, 6.45) is 26.7. The van der Waals surface area contributed by atoms with Gasteiger partial charge in [-0.3, -0.25) is 0 Å². The standard InChI is InChI=1S/C73H74N2/c1-5-17-51(18-6-1)55-29-37-59(38-30-55)74(60-39-31-56(32-40-60)52-19-7-2-8-20-52)63-45-47-67-68-48-46-64(50-72(68)73(71(67)49-63)69-27-15-13-25-65(69)66-26-14-16-28-70(66)73)75(61-41-33-57(34-42-61)53-21-9-3-10-22-53)62-43-35-58(36-44-62)54-23-11-4-12-24-54/h13-16,25-54H,1-12,17-24H2. The highest BCUT2D eigenvalue weighted by Crippen LogP contribution is 2.64. The third-order valence-corrected chi connectivity index (χ3v) is 19.5. The van der Waals surface area contributed by atoms with Crippen LogP contribution in [0.2, 0.25) is 0 Å². The Bertz CT molecular complexity index is 2940. The fraction of sp³-hybridized carbons (Fsp3) is 0.342. The van der Waals surface area contributed by atoms with Gasteiger partial charge in [0, 0.05) is 34.1 Å². The Hall–Kier alpha value is -6.64. The molecule has 75 heavy (non-hydrogen) atoms. The van der Waals surface area contributed by atoms with E-state index in [1.165, 1.54) is 229 Å². The van der Waals surface area contributed by atoms with Gasteiger partial charge < -0.3 is 9.80 Å². The van der Waals surface area contributed by atoms with E-state index in [2.05, 4.69) is 192 Å². The van der Waals surface area contributed by atoms with Gasteiger partial charge in [0.15, 0.2) is 0 Å². The highest BCUT2D eigenvalue weighted by atomic mass is 15.1. The SMILES string of the molecule is c1ccc2c(c1)-c1ccccc1C21c2cc(N(c3ccc(C4CCCCC4)cc3)c3ccc(C4CCCCC4)cc3)ccc2-c2ccc(N(c3ccc(C4CCCCC4)cc3)c3ccc(C4CCCCC4)cc3)cc21. The van der Waals surface area contributed by atoms with Gasteiger partial charge in [-0.25, -0.2) is 0 Å². The van der Waals surface area contributed by atoms with Gasteiger partial charge in [-0.15, -0.1) is 0 Å². The molecule has 4 fully saturated rings. The first-order valence-corrected chi connectivity index (χ1v) is 29.7. The summed E-state index contributed by atoms with van der Waals surface area (Å²) < 4.78 is 0. The first kappa shape index (κ1) is 46.9. The summed E-state index contributed by atoms with van der Waals surface area (Å²) >= 11 is 0. The molecule has 2 nitrogen and oxygen atoms in total. The van der Waals surface area contributed by atoms with Gasteiger partial charge in [-0.1, -0.05) is 186 Å². The number of hydrogen-bond acceptors (Lipinski definition) is 2. The molecule has 8 aromatic carbocycles. The van der Waals surface area contributed by atoms with Gasteiger partial charge in [-0.2, -0.15) is 0 Å². The summed E-state index contributed by atoms with van der Waals surface area (Å²) in [7, 11) is 0. The van der Waals surface area contributed by atoms with E-state index in [-0.39, 0.29) is 0 Å². The number of fused-ring (bicyclic) bond motifs is 10. The van der Waals surface area contributed by atoms with E-state index < -0.39 is 5.41 Å². The Kier molecular flexibility index (Phi) is 12.6. The molecule has 2 heteroatoms. The lowest BCUT2D eigenvalue weighted by molar-refractivity contribution is 0.443. The minimum atomic E-state index is -0.521. The van der Waals surface area contributed by atoms with Crippen LogP contribution in [-0.2, 0) is 5.41 Å². The Morgan fingerprint density at radius 2 is 0.493 bits per heavy atom. The molecule has 0 aromatic heterocycles. The summed E-state index contributed by atoms with van der Waals surface area (Å²) in [5.41, 5.74) is 23.6. The zero-order valence-corrected chi connectivity index (χ0v) is 44.2. The van der Waals surface area contributed by atoms with Gasteiger partial charge in [0.25, 0.3) is 0 Å². The van der Waals surface area contributed by atoms with Crippen molar-refractivity contribution in [2.24, 2.45) is 0 Å². The molecule has 8 aromatic rings. The lowest BCUT2D eigenvalue weighted by Gasteiger charge is -2.33. The van der Waals surface area contributed by atoms with Crippen molar-refractivity contribution in [3.05, 3.63) is 226 Å². The number of hydrogen-bond donors (Lipinski definition) is 0. The third-order valence-electron chi connectivity index (χ3n) is 19.5. The summed E-state index contributed by atoms with van der Waals surface area (Å²) in [6.45, 7) is 0. The monoisotopic (exact) mass is 979 g/mol. The molecule has 14 rings (SSSR count). The average molecular weight is 979 g/mol. The summed E-state index contributed by atoms with van der Waals surface area (Å²) in [6, 6.07) is 72.5. The van der Waals surface area contributed by atoms with E-state index in [1.54, 1.807) is 0 Å². The number of anilines is 6. The molecule has 0 radical (unpaired) electrons. The second kappa shape index (κ2) is 20.1. The predicted molar refractivity (Wildman–Crippen MR) is 315 cm³/mol. The van der Waals surface area contributed by atoms with Crippen molar-refractivity contribution in [3.63, 3.8) is 0 Å². The van der Waals surface area contributed by atoms with E-state index in [4.69, 9.17) is 0 Å². The van der Waals surface area contributed by atoms with Crippen LogP contribution in [0.1, 0.15) is 197 Å². The Morgan fingerprint density at radius 1 is 0.240 bits per heavy atom. The van der Waals surface area contributed by atoms with Crippen LogP contribution in [0.3, 0.4) is 0 Å². The van der Waals surface area contributed by atoms with Crippen LogP contribution >= 0.6 is 0 Å². The van der Waals surface area contributed by atoms with Crippen molar-refractivity contribution < 1.29 is 0 Å². The minimum Gasteiger partial charge on any atom is -0.310 e. The van der Waals surface area contributed by atoms with Gasteiger partial charge in [0.05, 0.1) is 5.41 Å². The van der Waals surface area contributed by atoms with Crippen LogP contribution in [0, 0.1) is 0 Å². The maximum Gasteiger partial charge on any atom is 0.0727 e. The van der Waals surface area contributed by atoms with Crippen LogP contribution < -0.4 is 9.80 Å². The fourth-order valence-corrected chi connectivity index (χ4v) is 15.6. The highest BCUT2D eigenvalue weighted by molar-refractivity contribution is 5.97. The van der Waals surface area contributed by atoms with Crippen molar-refractivity contribution >= 4 is 34.1 Å². The van der Waals surface area contributed by atoms with Crippen LogP contribution in [-0.4, -0.2) is 0 Å². The summed E-state index contributed by atoms with van der Waals surface area (Å²) in [5, 5.41) is 0. The number of nitrogens with zero attached hydrogens (tertiary/aromatic N) is 2. The van der Waals surface area contributed by atoms with Gasteiger partial charge in [-0.05, 0) is 215 Å². The fourth-order valence-electron chi connectivity index (χ4n) is 15.6. The van der Waals surface area contributed by atoms with Crippen molar-refractivity contribution in [1.29, 1.82) is 0 Å². The number of rotatable bonds is 10. The molecule has 0 unspecified atom stereocenters. The quantitative estimate of drug-likeness (QED) is 0.135. The Balaban J connectivity index is 0.928. The molecule has 6 aliphatic carbocycles. The zero-order valence-electron chi connectivity index (χ0n) is 44.2.